The summed E-state index contributed by atoms with van der Waals surface area (Å²) in [5.74, 6) is 0. The summed E-state index contributed by atoms with van der Waals surface area (Å²) in [6.07, 6.45) is 4.09. The van der Waals surface area contributed by atoms with E-state index in [-0.39, 0.29) is 0 Å². The standard InChI is InChI=1S/C14H24N2S/c1-12-10-14(13(2)17-12)11-15-6-5-9-16-7-3-4-8-16/h10,15H,3-9,11H2,1-2H3. The highest BCUT2D eigenvalue weighted by atomic mass is 32.1. The Labute approximate surface area is 109 Å². The van der Waals surface area contributed by atoms with Gasteiger partial charge in [-0.05, 0) is 70.9 Å². The van der Waals surface area contributed by atoms with E-state index < -0.39 is 0 Å². The summed E-state index contributed by atoms with van der Waals surface area (Å²) < 4.78 is 0. The van der Waals surface area contributed by atoms with E-state index in [1.807, 2.05) is 11.3 Å². The molecule has 2 nitrogen and oxygen atoms in total. The lowest BCUT2D eigenvalue weighted by atomic mass is 10.2. The summed E-state index contributed by atoms with van der Waals surface area (Å²) in [5.41, 5.74) is 1.48. The predicted molar refractivity (Wildman–Crippen MR) is 75.8 cm³/mol. The van der Waals surface area contributed by atoms with Gasteiger partial charge in [-0.3, -0.25) is 0 Å². The molecule has 0 aliphatic carbocycles. The molecule has 0 radical (unpaired) electrons. The Bertz CT molecular complexity index is 340. The first-order valence-corrected chi connectivity index (χ1v) is 7.56. The van der Waals surface area contributed by atoms with Crippen LogP contribution in [-0.2, 0) is 6.54 Å². The maximum Gasteiger partial charge on any atom is 0.0216 e. The van der Waals surface area contributed by atoms with Gasteiger partial charge >= 0.3 is 0 Å². The van der Waals surface area contributed by atoms with Crippen LogP contribution < -0.4 is 5.32 Å². The van der Waals surface area contributed by atoms with Crippen LogP contribution in [0.1, 0.15) is 34.6 Å². The van der Waals surface area contributed by atoms with Gasteiger partial charge < -0.3 is 10.2 Å². The fraction of sp³-hybridized carbons (Fsp3) is 0.714. The molecule has 1 aromatic heterocycles. The first kappa shape index (κ1) is 13.1. The Morgan fingerprint density at radius 2 is 2.06 bits per heavy atom. The molecular formula is C14H24N2S. The van der Waals surface area contributed by atoms with Crippen molar-refractivity contribution in [2.75, 3.05) is 26.2 Å². The molecular weight excluding hydrogens is 228 g/mol. The first-order valence-electron chi connectivity index (χ1n) is 6.74. The van der Waals surface area contributed by atoms with Crippen molar-refractivity contribution in [3.8, 4) is 0 Å². The third kappa shape index (κ3) is 4.09. The van der Waals surface area contributed by atoms with E-state index in [0.29, 0.717) is 0 Å². The summed E-state index contributed by atoms with van der Waals surface area (Å²) in [4.78, 5) is 5.48. The van der Waals surface area contributed by atoms with E-state index in [2.05, 4.69) is 30.1 Å². The molecule has 0 saturated carbocycles. The third-order valence-corrected chi connectivity index (χ3v) is 4.49. The summed E-state index contributed by atoms with van der Waals surface area (Å²) in [6.45, 7) is 10.5. The lowest BCUT2D eigenvalue weighted by molar-refractivity contribution is 0.331. The molecule has 1 aliphatic heterocycles. The summed E-state index contributed by atoms with van der Waals surface area (Å²) >= 11 is 1.91. The number of nitrogens with zero attached hydrogens (tertiary/aromatic N) is 1. The van der Waals surface area contributed by atoms with Crippen LogP contribution in [0.2, 0.25) is 0 Å². The van der Waals surface area contributed by atoms with Crippen LogP contribution in [-0.4, -0.2) is 31.1 Å². The van der Waals surface area contributed by atoms with Crippen molar-refractivity contribution in [1.29, 1.82) is 0 Å². The molecule has 0 atom stereocenters. The molecule has 1 aromatic rings. The van der Waals surface area contributed by atoms with Gasteiger partial charge in [0.25, 0.3) is 0 Å². The van der Waals surface area contributed by atoms with Crippen LogP contribution in [0.5, 0.6) is 0 Å². The lowest BCUT2D eigenvalue weighted by Crippen LogP contribution is -2.24. The zero-order valence-electron chi connectivity index (χ0n) is 11.1. The highest BCUT2D eigenvalue weighted by Crippen LogP contribution is 2.20. The first-order chi connectivity index (χ1) is 8.25. The molecule has 0 aromatic carbocycles. The molecule has 0 spiro atoms. The Hall–Kier alpha value is -0.380. The summed E-state index contributed by atoms with van der Waals surface area (Å²) in [7, 11) is 0. The van der Waals surface area contributed by atoms with Gasteiger partial charge in [0.05, 0.1) is 0 Å². The van der Waals surface area contributed by atoms with Crippen molar-refractivity contribution >= 4 is 11.3 Å². The molecule has 2 heterocycles. The van der Waals surface area contributed by atoms with Gasteiger partial charge in [-0.2, -0.15) is 0 Å². The number of hydrogen-bond acceptors (Lipinski definition) is 3. The fourth-order valence-corrected chi connectivity index (χ4v) is 3.46. The SMILES string of the molecule is Cc1cc(CNCCCN2CCCC2)c(C)s1. The van der Waals surface area contributed by atoms with E-state index in [4.69, 9.17) is 0 Å². The Morgan fingerprint density at radius 3 is 2.71 bits per heavy atom. The predicted octanol–water partition coefficient (Wildman–Crippen LogP) is 2.94. The quantitative estimate of drug-likeness (QED) is 0.783. The van der Waals surface area contributed by atoms with E-state index >= 15 is 0 Å². The second-order valence-electron chi connectivity index (χ2n) is 5.02. The molecule has 96 valence electrons. The van der Waals surface area contributed by atoms with Crippen LogP contribution in [0.25, 0.3) is 0 Å². The zero-order valence-corrected chi connectivity index (χ0v) is 11.9. The van der Waals surface area contributed by atoms with Crippen LogP contribution in [0.3, 0.4) is 0 Å². The second kappa shape index (κ2) is 6.53. The van der Waals surface area contributed by atoms with Crippen LogP contribution in [0.15, 0.2) is 6.07 Å². The molecule has 0 bridgehead atoms. The van der Waals surface area contributed by atoms with Crippen molar-refractivity contribution in [2.45, 2.75) is 39.7 Å². The van der Waals surface area contributed by atoms with Gasteiger partial charge in [-0.25, -0.2) is 0 Å². The molecule has 1 N–H and O–H groups in total. The normalized spacial score (nSPS) is 16.8. The average molecular weight is 252 g/mol. The van der Waals surface area contributed by atoms with Crippen molar-refractivity contribution in [2.24, 2.45) is 0 Å². The maximum atomic E-state index is 3.56. The van der Waals surface area contributed by atoms with Gasteiger partial charge in [0, 0.05) is 16.3 Å². The van der Waals surface area contributed by atoms with E-state index in [0.717, 1.165) is 13.1 Å². The molecule has 0 unspecified atom stereocenters. The van der Waals surface area contributed by atoms with Crippen molar-refractivity contribution in [1.82, 2.24) is 10.2 Å². The van der Waals surface area contributed by atoms with Crippen LogP contribution in [0, 0.1) is 13.8 Å². The van der Waals surface area contributed by atoms with Gasteiger partial charge in [0.2, 0.25) is 0 Å². The fourth-order valence-electron chi connectivity index (χ4n) is 2.52. The summed E-state index contributed by atoms with van der Waals surface area (Å²) in [5, 5.41) is 3.56. The van der Waals surface area contributed by atoms with Gasteiger partial charge in [-0.15, -0.1) is 11.3 Å². The molecule has 17 heavy (non-hydrogen) atoms. The number of aryl methyl sites for hydroxylation is 2. The minimum Gasteiger partial charge on any atom is -0.313 e. The van der Waals surface area contributed by atoms with Crippen LogP contribution >= 0.6 is 11.3 Å². The van der Waals surface area contributed by atoms with E-state index in [9.17, 15) is 0 Å². The highest BCUT2D eigenvalue weighted by molar-refractivity contribution is 7.12. The second-order valence-corrected chi connectivity index (χ2v) is 6.48. The number of rotatable bonds is 6. The molecule has 2 rings (SSSR count). The van der Waals surface area contributed by atoms with Gasteiger partial charge in [0.15, 0.2) is 0 Å². The molecule has 1 aliphatic rings. The van der Waals surface area contributed by atoms with Crippen LogP contribution in [0.4, 0.5) is 0 Å². The topological polar surface area (TPSA) is 15.3 Å². The Morgan fingerprint density at radius 1 is 1.29 bits per heavy atom. The largest absolute Gasteiger partial charge is 0.313 e. The van der Waals surface area contributed by atoms with E-state index in [1.165, 1.54) is 54.2 Å². The smallest absolute Gasteiger partial charge is 0.0216 e. The number of likely N-dealkylation sites (tertiary alicyclic amines) is 1. The Kier molecular flexibility index (Phi) is 5.01. The molecule has 0 amide bonds. The number of thiophene rings is 1. The van der Waals surface area contributed by atoms with Gasteiger partial charge in [0.1, 0.15) is 0 Å². The van der Waals surface area contributed by atoms with Crippen molar-refractivity contribution in [3.63, 3.8) is 0 Å². The monoisotopic (exact) mass is 252 g/mol. The number of nitrogens with one attached hydrogen (secondary N) is 1. The third-order valence-electron chi connectivity index (χ3n) is 3.49. The molecule has 1 fully saturated rings. The molecule has 3 heteroatoms. The van der Waals surface area contributed by atoms with E-state index in [1.54, 1.807) is 0 Å². The molecule has 1 saturated heterocycles. The Balaban J connectivity index is 1.58. The maximum absolute atomic E-state index is 3.56. The average Bonchev–Trinajstić information content (AvgIpc) is 2.89. The highest BCUT2D eigenvalue weighted by Gasteiger charge is 2.10. The zero-order chi connectivity index (χ0) is 12.1. The van der Waals surface area contributed by atoms with Crippen molar-refractivity contribution < 1.29 is 0 Å². The lowest BCUT2D eigenvalue weighted by Gasteiger charge is -2.14. The number of hydrogen-bond donors (Lipinski definition) is 1. The summed E-state index contributed by atoms with van der Waals surface area (Å²) in [6, 6.07) is 2.31. The minimum atomic E-state index is 1.04. The van der Waals surface area contributed by atoms with Crippen molar-refractivity contribution in [3.05, 3.63) is 21.4 Å². The minimum absolute atomic E-state index is 1.04. The van der Waals surface area contributed by atoms with Gasteiger partial charge in [-0.1, -0.05) is 0 Å².